The van der Waals surface area contributed by atoms with E-state index in [9.17, 15) is 4.79 Å². The van der Waals surface area contributed by atoms with Gasteiger partial charge in [0.25, 0.3) is 0 Å². The second-order valence-electron chi connectivity index (χ2n) is 5.41. The Morgan fingerprint density at radius 2 is 1.89 bits per heavy atom. The second kappa shape index (κ2) is 6.02. The van der Waals surface area contributed by atoms with Crippen LogP contribution < -0.4 is 5.32 Å². The first-order chi connectivity index (χ1) is 8.95. The van der Waals surface area contributed by atoms with E-state index in [-0.39, 0.29) is 6.03 Å². The van der Waals surface area contributed by atoms with Crippen molar-refractivity contribution in [2.75, 3.05) is 18.4 Å². The number of benzene rings is 1. The molecule has 0 radical (unpaired) electrons. The first-order valence-electron chi connectivity index (χ1n) is 6.46. The topological polar surface area (TPSA) is 32.3 Å². The van der Waals surface area contributed by atoms with Gasteiger partial charge in [0.1, 0.15) is 0 Å². The van der Waals surface area contributed by atoms with Gasteiger partial charge in [-0.05, 0) is 36.5 Å². The quantitative estimate of drug-likeness (QED) is 0.813. The van der Waals surface area contributed by atoms with Crippen molar-refractivity contribution in [3.05, 3.63) is 28.2 Å². The molecule has 1 fully saturated rings. The van der Waals surface area contributed by atoms with Crippen LogP contribution in [-0.4, -0.2) is 24.0 Å². The Morgan fingerprint density at radius 1 is 1.26 bits per heavy atom. The molecule has 2 amide bonds. The van der Waals surface area contributed by atoms with Crippen LogP contribution in [0.3, 0.4) is 0 Å². The molecule has 1 aromatic carbocycles. The molecule has 2 rings (SSSR count). The van der Waals surface area contributed by atoms with Gasteiger partial charge in [-0.15, -0.1) is 0 Å². The Morgan fingerprint density at radius 3 is 2.53 bits per heavy atom. The Balaban J connectivity index is 2.06. The van der Waals surface area contributed by atoms with Crippen LogP contribution in [0.2, 0.25) is 10.0 Å². The lowest BCUT2D eigenvalue weighted by Gasteiger charge is -2.35. The summed E-state index contributed by atoms with van der Waals surface area (Å²) in [5, 5.41) is 3.88. The van der Waals surface area contributed by atoms with Crippen molar-refractivity contribution in [3.8, 4) is 0 Å². The zero-order valence-electron chi connectivity index (χ0n) is 11.1. The smallest absolute Gasteiger partial charge is 0.321 e. The van der Waals surface area contributed by atoms with E-state index in [4.69, 9.17) is 23.2 Å². The Hall–Kier alpha value is -0.930. The number of amides is 2. The molecule has 0 aromatic heterocycles. The van der Waals surface area contributed by atoms with E-state index in [0.717, 1.165) is 13.1 Å². The van der Waals surface area contributed by atoms with Crippen molar-refractivity contribution >= 4 is 34.9 Å². The van der Waals surface area contributed by atoms with Crippen LogP contribution in [0.25, 0.3) is 0 Å². The molecule has 1 saturated heterocycles. The number of carbonyl (C=O) groups is 1. The molecule has 0 aliphatic carbocycles. The van der Waals surface area contributed by atoms with E-state index in [0.29, 0.717) is 27.6 Å². The first-order valence-corrected chi connectivity index (χ1v) is 7.22. The maximum atomic E-state index is 12.2. The molecule has 1 N–H and O–H groups in total. The highest BCUT2D eigenvalue weighted by molar-refractivity contribution is 6.35. The number of hydrogen-bond donors (Lipinski definition) is 1. The molecule has 0 unspecified atom stereocenters. The van der Waals surface area contributed by atoms with Crippen LogP contribution in [0.15, 0.2) is 18.2 Å². The van der Waals surface area contributed by atoms with Gasteiger partial charge < -0.3 is 10.2 Å². The molecule has 104 valence electrons. The zero-order valence-corrected chi connectivity index (χ0v) is 12.6. The van der Waals surface area contributed by atoms with E-state index in [1.165, 1.54) is 6.42 Å². The minimum atomic E-state index is -0.109. The fourth-order valence-corrected chi connectivity index (χ4v) is 2.95. The standard InChI is InChI=1S/C14H18Cl2N2O/c1-9-5-10(2)8-18(7-9)14(19)17-13-6-11(15)3-4-12(13)16/h3-4,6,9-10H,5,7-8H2,1-2H3,(H,17,19)/t9-,10-/m1/s1. The number of hydrogen-bond acceptors (Lipinski definition) is 1. The summed E-state index contributed by atoms with van der Waals surface area (Å²) in [6, 6.07) is 4.94. The molecular formula is C14H18Cl2N2O. The van der Waals surface area contributed by atoms with Crippen LogP contribution in [0.4, 0.5) is 10.5 Å². The van der Waals surface area contributed by atoms with Gasteiger partial charge in [0.2, 0.25) is 0 Å². The fraction of sp³-hybridized carbons (Fsp3) is 0.500. The van der Waals surface area contributed by atoms with E-state index in [2.05, 4.69) is 19.2 Å². The third kappa shape index (κ3) is 3.77. The summed E-state index contributed by atoms with van der Waals surface area (Å²) in [6.07, 6.45) is 1.17. The SMILES string of the molecule is C[C@@H]1C[C@@H](C)CN(C(=O)Nc2cc(Cl)ccc2Cl)C1. The van der Waals surface area contributed by atoms with Gasteiger partial charge in [-0.25, -0.2) is 4.79 Å². The third-order valence-corrected chi connectivity index (χ3v) is 3.89. The highest BCUT2D eigenvalue weighted by Gasteiger charge is 2.25. The molecule has 19 heavy (non-hydrogen) atoms. The van der Waals surface area contributed by atoms with Crippen molar-refractivity contribution in [1.29, 1.82) is 0 Å². The van der Waals surface area contributed by atoms with Crippen LogP contribution in [0, 0.1) is 11.8 Å². The maximum Gasteiger partial charge on any atom is 0.321 e. The van der Waals surface area contributed by atoms with Crippen molar-refractivity contribution < 1.29 is 4.79 Å². The van der Waals surface area contributed by atoms with Gasteiger partial charge in [0.15, 0.2) is 0 Å². The predicted octanol–water partition coefficient (Wildman–Crippen LogP) is 4.50. The number of halogens is 2. The van der Waals surface area contributed by atoms with Crippen molar-refractivity contribution in [3.63, 3.8) is 0 Å². The van der Waals surface area contributed by atoms with Crippen LogP contribution in [-0.2, 0) is 0 Å². The molecule has 1 aromatic rings. The molecule has 2 atom stereocenters. The van der Waals surface area contributed by atoms with Gasteiger partial charge in [0.05, 0.1) is 10.7 Å². The number of nitrogens with zero attached hydrogens (tertiary/aromatic N) is 1. The van der Waals surface area contributed by atoms with Gasteiger partial charge in [-0.3, -0.25) is 0 Å². The van der Waals surface area contributed by atoms with Gasteiger partial charge in [-0.1, -0.05) is 37.0 Å². The third-order valence-electron chi connectivity index (χ3n) is 3.33. The zero-order chi connectivity index (χ0) is 14.0. The van der Waals surface area contributed by atoms with Gasteiger partial charge in [-0.2, -0.15) is 0 Å². The van der Waals surface area contributed by atoms with E-state index in [1.807, 2.05) is 4.90 Å². The van der Waals surface area contributed by atoms with Crippen molar-refractivity contribution in [1.82, 2.24) is 4.90 Å². The maximum absolute atomic E-state index is 12.2. The molecule has 0 saturated carbocycles. The van der Waals surface area contributed by atoms with Crippen molar-refractivity contribution in [2.24, 2.45) is 11.8 Å². The average molecular weight is 301 g/mol. The lowest BCUT2D eigenvalue weighted by molar-refractivity contribution is 0.156. The average Bonchev–Trinajstić information content (AvgIpc) is 2.32. The van der Waals surface area contributed by atoms with E-state index in [1.54, 1.807) is 18.2 Å². The van der Waals surface area contributed by atoms with Gasteiger partial charge in [0, 0.05) is 18.1 Å². The molecule has 3 nitrogen and oxygen atoms in total. The number of carbonyl (C=O) groups excluding carboxylic acids is 1. The lowest BCUT2D eigenvalue weighted by Crippen LogP contribution is -2.44. The van der Waals surface area contributed by atoms with Crippen LogP contribution in [0.1, 0.15) is 20.3 Å². The number of likely N-dealkylation sites (tertiary alicyclic amines) is 1. The number of urea groups is 1. The summed E-state index contributed by atoms with van der Waals surface area (Å²) < 4.78 is 0. The first kappa shape index (κ1) is 14.5. The monoisotopic (exact) mass is 300 g/mol. The van der Waals surface area contributed by atoms with E-state index < -0.39 is 0 Å². The summed E-state index contributed by atoms with van der Waals surface area (Å²) in [5.41, 5.74) is 0.560. The molecule has 1 aliphatic heterocycles. The van der Waals surface area contributed by atoms with Crippen LogP contribution in [0.5, 0.6) is 0 Å². The molecule has 0 bridgehead atoms. The number of piperidine rings is 1. The molecule has 1 heterocycles. The lowest BCUT2D eigenvalue weighted by atomic mass is 9.92. The van der Waals surface area contributed by atoms with E-state index >= 15 is 0 Å². The van der Waals surface area contributed by atoms with Crippen molar-refractivity contribution in [2.45, 2.75) is 20.3 Å². The minimum absolute atomic E-state index is 0.109. The highest BCUT2D eigenvalue weighted by Crippen LogP contribution is 2.27. The van der Waals surface area contributed by atoms with Gasteiger partial charge >= 0.3 is 6.03 Å². The summed E-state index contributed by atoms with van der Waals surface area (Å²) >= 11 is 12.0. The normalized spacial score (nSPS) is 23.3. The molecular weight excluding hydrogens is 283 g/mol. The summed E-state index contributed by atoms with van der Waals surface area (Å²) in [7, 11) is 0. The number of anilines is 1. The molecule has 0 spiro atoms. The molecule has 1 aliphatic rings. The second-order valence-corrected chi connectivity index (χ2v) is 6.25. The summed E-state index contributed by atoms with van der Waals surface area (Å²) in [5.74, 6) is 1.06. The Bertz CT molecular complexity index is 469. The Labute approximate surface area is 123 Å². The highest BCUT2D eigenvalue weighted by atomic mass is 35.5. The predicted molar refractivity (Wildman–Crippen MR) is 80.0 cm³/mol. The summed E-state index contributed by atoms with van der Waals surface area (Å²) in [6.45, 7) is 5.91. The largest absolute Gasteiger partial charge is 0.324 e. The minimum Gasteiger partial charge on any atom is -0.324 e. The Kier molecular flexibility index (Phi) is 4.58. The fourth-order valence-electron chi connectivity index (χ4n) is 2.62. The number of nitrogens with one attached hydrogen (secondary N) is 1. The molecule has 5 heteroatoms. The summed E-state index contributed by atoms with van der Waals surface area (Å²) in [4.78, 5) is 14.1. The van der Waals surface area contributed by atoms with Crippen LogP contribution >= 0.6 is 23.2 Å². The number of rotatable bonds is 1.